The third kappa shape index (κ3) is 7.27. The van der Waals surface area contributed by atoms with E-state index in [2.05, 4.69) is 77.5 Å². The zero-order valence-electron chi connectivity index (χ0n) is 28.2. The van der Waals surface area contributed by atoms with Gasteiger partial charge >= 0.3 is 0 Å². The van der Waals surface area contributed by atoms with Gasteiger partial charge in [0, 0.05) is 42.0 Å². The molecule has 0 saturated carbocycles. The number of benzene rings is 2. The standard InChI is InChI=1S/C36H50N4O4/c1-24(2)35-28(7)39(26(5)19-32(35)29-13-11-14-31(20-29)40(41)42)27(6)22-38(8)18-12-17-36(23-37,25(3)4)30-15-16-33(43-9)34(21-30)44-10/h11,13-16,19-21,24-25,27,32H,12,17-18,22H2,1-10H3. The molecule has 3 rings (SSSR count). The minimum Gasteiger partial charge on any atom is -0.493 e. The number of nitriles is 1. The molecular weight excluding hydrogens is 552 g/mol. The van der Waals surface area contributed by atoms with Gasteiger partial charge in [0.15, 0.2) is 11.5 Å². The zero-order chi connectivity index (χ0) is 32.8. The first-order valence-electron chi connectivity index (χ1n) is 15.6. The molecule has 0 amide bonds. The zero-order valence-corrected chi connectivity index (χ0v) is 28.2. The van der Waals surface area contributed by atoms with Gasteiger partial charge < -0.3 is 19.3 Å². The molecule has 0 spiro atoms. The number of nitrogens with zero attached hydrogens (tertiary/aromatic N) is 4. The molecule has 2 aromatic carbocycles. The molecule has 238 valence electrons. The van der Waals surface area contributed by atoms with Gasteiger partial charge in [-0.15, -0.1) is 0 Å². The van der Waals surface area contributed by atoms with Crippen molar-refractivity contribution in [1.29, 1.82) is 5.26 Å². The third-order valence-electron chi connectivity index (χ3n) is 9.18. The molecule has 8 nitrogen and oxygen atoms in total. The number of methoxy groups -OCH3 is 2. The first-order valence-corrected chi connectivity index (χ1v) is 15.6. The Labute approximate surface area is 264 Å². The van der Waals surface area contributed by atoms with Crippen molar-refractivity contribution in [2.75, 3.05) is 34.4 Å². The second-order valence-electron chi connectivity index (χ2n) is 12.7. The third-order valence-corrected chi connectivity index (χ3v) is 9.18. The summed E-state index contributed by atoms with van der Waals surface area (Å²) in [6.07, 6.45) is 3.86. The van der Waals surface area contributed by atoms with E-state index in [0.717, 1.165) is 42.8 Å². The molecule has 3 unspecified atom stereocenters. The molecule has 1 heterocycles. The van der Waals surface area contributed by atoms with Crippen molar-refractivity contribution in [3.8, 4) is 17.6 Å². The number of hydrogen-bond donors (Lipinski definition) is 0. The van der Waals surface area contributed by atoms with Gasteiger partial charge in [0.05, 0.1) is 30.6 Å². The second kappa shape index (κ2) is 14.8. The van der Waals surface area contributed by atoms with Crippen LogP contribution in [-0.4, -0.2) is 55.1 Å². The van der Waals surface area contributed by atoms with Crippen molar-refractivity contribution in [2.24, 2.45) is 11.8 Å². The van der Waals surface area contributed by atoms with Crippen LogP contribution in [0.25, 0.3) is 0 Å². The van der Waals surface area contributed by atoms with E-state index in [-0.39, 0.29) is 34.4 Å². The summed E-state index contributed by atoms with van der Waals surface area (Å²) in [4.78, 5) is 15.9. The van der Waals surface area contributed by atoms with E-state index < -0.39 is 5.41 Å². The van der Waals surface area contributed by atoms with E-state index >= 15 is 0 Å². The summed E-state index contributed by atoms with van der Waals surface area (Å²) in [6.45, 7) is 16.9. The molecule has 8 heteroatoms. The fraction of sp³-hybridized carbons (Fsp3) is 0.528. The Morgan fingerprint density at radius 3 is 2.32 bits per heavy atom. The highest BCUT2D eigenvalue weighted by molar-refractivity contribution is 5.48. The molecule has 2 aromatic rings. The van der Waals surface area contributed by atoms with Crippen LogP contribution in [0.5, 0.6) is 11.5 Å². The molecule has 0 saturated heterocycles. The number of likely N-dealkylation sites (N-methyl/N-ethyl adjacent to an activating group) is 1. The Bertz CT molecular complexity index is 1420. The van der Waals surface area contributed by atoms with E-state index in [9.17, 15) is 15.4 Å². The van der Waals surface area contributed by atoms with E-state index in [1.54, 1.807) is 32.4 Å². The summed E-state index contributed by atoms with van der Waals surface area (Å²) in [7, 11) is 5.38. The van der Waals surface area contributed by atoms with Gasteiger partial charge in [0.2, 0.25) is 0 Å². The lowest BCUT2D eigenvalue weighted by atomic mass is 9.69. The van der Waals surface area contributed by atoms with E-state index in [1.165, 1.54) is 11.3 Å². The van der Waals surface area contributed by atoms with Crippen LogP contribution in [0.15, 0.2) is 65.5 Å². The quantitative estimate of drug-likeness (QED) is 0.159. The average molecular weight is 603 g/mol. The second-order valence-corrected chi connectivity index (χ2v) is 12.7. The minimum atomic E-state index is -0.634. The maximum Gasteiger partial charge on any atom is 0.269 e. The highest BCUT2D eigenvalue weighted by Gasteiger charge is 2.37. The lowest BCUT2D eigenvalue weighted by Crippen LogP contribution is -2.42. The molecule has 44 heavy (non-hydrogen) atoms. The molecular formula is C36H50N4O4. The molecule has 0 radical (unpaired) electrons. The average Bonchev–Trinajstić information content (AvgIpc) is 2.98. The topological polar surface area (TPSA) is 91.9 Å². The van der Waals surface area contributed by atoms with Gasteiger partial charge in [-0.1, -0.05) is 52.0 Å². The van der Waals surface area contributed by atoms with Crippen LogP contribution in [0.3, 0.4) is 0 Å². The van der Waals surface area contributed by atoms with Gasteiger partial charge in [-0.3, -0.25) is 10.1 Å². The van der Waals surface area contributed by atoms with Crippen molar-refractivity contribution < 1.29 is 14.4 Å². The molecule has 0 aliphatic carbocycles. The summed E-state index contributed by atoms with van der Waals surface area (Å²) in [6, 6.07) is 15.7. The highest BCUT2D eigenvalue weighted by atomic mass is 16.6. The Morgan fingerprint density at radius 2 is 1.75 bits per heavy atom. The van der Waals surface area contributed by atoms with E-state index in [1.807, 2.05) is 24.3 Å². The Hall–Kier alpha value is -3.83. The predicted octanol–water partition coefficient (Wildman–Crippen LogP) is 8.06. The minimum absolute atomic E-state index is 0.00259. The Balaban J connectivity index is 1.76. The summed E-state index contributed by atoms with van der Waals surface area (Å²) in [5.41, 5.74) is 5.05. The van der Waals surface area contributed by atoms with Crippen molar-refractivity contribution in [3.05, 3.63) is 86.7 Å². The van der Waals surface area contributed by atoms with Crippen molar-refractivity contribution >= 4 is 5.69 Å². The predicted molar refractivity (Wildman–Crippen MR) is 177 cm³/mol. The van der Waals surface area contributed by atoms with Crippen LogP contribution in [0, 0.1) is 33.3 Å². The van der Waals surface area contributed by atoms with Crippen LogP contribution in [0.1, 0.15) is 78.4 Å². The number of non-ortho nitro benzene ring substituents is 1. The first kappa shape index (κ1) is 34.7. The number of nitro benzene ring substituents is 1. The van der Waals surface area contributed by atoms with E-state index in [0.29, 0.717) is 11.5 Å². The fourth-order valence-corrected chi connectivity index (χ4v) is 6.98. The summed E-state index contributed by atoms with van der Waals surface area (Å²) in [5.74, 6) is 1.70. The monoisotopic (exact) mass is 602 g/mol. The highest BCUT2D eigenvalue weighted by Crippen LogP contribution is 2.42. The lowest BCUT2D eigenvalue weighted by molar-refractivity contribution is -0.384. The largest absolute Gasteiger partial charge is 0.493 e. The SMILES string of the molecule is COc1ccc(C(C#N)(CCCN(C)CC(C)N2C(C)=CC(c3cccc([N+](=O)[O-])c3)C(C(C)C)=C2C)C(C)C)cc1OC. The number of hydrogen-bond acceptors (Lipinski definition) is 7. The van der Waals surface area contributed by atoms with Crippen LogP contribution in [0.2, 0.25) is 0 Å². The molecule has 0 N–H and O–H groups in total. The molecule has 3 atom stereocenters. The molecule has 0 fully saturated rings. The van der Waals surface area contributed by atoms with Gasteiger partial charge in [-0.25, -0.2) is 0 Å². The number of nitro groups is 1. The van der Waals surface area contributed by atoms with Crippen LogP contribution in [-0.2, 0) is 5.41 Å². The fourth-order valence-electron chi connectivity index (χ4n) is 6.98. The maximum absolute atomic E-state index is 11.5. The van der Waals surface area contributed by atoms with Crippen molar-refractivity contribution in [2.45, 2.75) is 78.7 Å². The molecule has 0 bridgehead atoms. The number of allylic oxidation sites excluding steroid dienone is 4. The summed E-state index contributed by atoms with van der Waals surface area (Å²) >= 11 is 0. The van der Waals surface area contributed by atoms with Crippen LogP contribution >= 0.6 is 0 Å². The van der Waals surface area contributed by atoms with Gasteiger partial charge in [-0.05, 0) is 87.9 Å². The van der Waals surface area contributed by atoms with Gasteiger partial charge in [0.1, 0.15) is 0 Å². The summed E-state index contributed by atoms with van der Waals surface area (Å²) < 4.78 is 11.0. The van der Waals surface area contributed by atoms with Crippen molar-refractivity contribution in [1.82, 2.24) is 9.80 Å². The van der Waals surface area contributed by atoms with Gasteiger partial charge in [0.25, 0.3) is 5.69 Å². The normalized spacial score (nSPS) is 17.4. The smallest absolute Gasteiger partial charge is 0.269 e. The number of ether oxygens (including phenoxy) is 2. The molecule has 1 aliphatic heterocycles. The van der Waals surface area contributed by atoms with Crippen LogP contribution < -0.4 is 9.47 Å². The summed E-state index contributed by atoms with van der Waals surface area (Å²) in [5, 5.41) is 21.9. The van der Waals surface area contributed by atoms with Gasteiger partial charge in [-0.2, -0.15) is 5.26 Å². The maximum atomic E-state index is 11.5. The number of rotatable bonds is 14. The van der Waals surface area contributed by atoms with Crippen LogP contribution in [0.4, 0.5) is 5.69 Å². The van der Waals surface area contributed by atoms with Crippen molar-refractivity contribution in [3.63, 3.8) is 0 Å². The van der Waals surface area contributed by atoms with E-state index in [4.69, 9.17) is 9.47 Å². The first-order chi connectivity index (χ1) is 20.8. The molecule has 1 aliphatic rings. The Kier molecular flexibility index (Phi) is 11.6. The Morgan fingerprint density at radius 1 is 1.07 bits per heavy atom. The lowest BCUT2D eigenvalue weighted by Gasteiger charge is -2.42. The molecule has 0 aromatic heterocycles.